The van der Waals surface area contributed by atoms with E-state index in [0.717, 1.165) is 11.3 Å². The summed E-state index contributed by atoms with van der Waals surface area (Å²) in [6, 6.07) is 3.60. The van der Waals surface area contributed by atoms with Gasteiger partial charge in [0.25, 0.3) is 0 Å². The normalized spacial score (nSPS) is 12.8. The molecule has 16 heavy (non-hydrogen) atoms. The van der Waals surface area contributed by atoms with E-state index in [9.17, 15) is 5.11 Å². The predicted molar refractivity (Wildman–Crippen MR) is 61.7 cm³/mol. The maximum atomic E-state index is 9.63. The number of nitrogens with zero attached hydrogens (tertiary/aromatic N) is 3. The van der Waals surface area contributed by atoms with Gasteiger partial charge in [0.2, 0.25) is 0 Å². The molecule has 2 heterocycles. The van der Waals surface area contributed by atoms with E-state index in [2.05, 4.69) is 10.1 Å². The van der Waals surface area contributed by atoms with Gasteiger partial charge in [0, 0.05) is 11.8 Å². The van der Waals surface area contributed by atoms with Crippen LogP contribution in [-0.4, -0.2) is 19.9 Å². The second kappa shape index (κ2) is 4.23. The van der Waals surface area contributed by atoms with Crippen molar-refractivity contribution in [1.29, 1.82) is 0 Å². The van der Waals surface area contributed by atoms with Gasteiger partial charge in [-0.25, -0.2) is 9.67 Å². The van der Waals surface area contributed by atoms with Crippen molar-refractivity contribution in [2.45, 2.75) is 20.0 Å². The lowest BCUT2D eigenvalue weighted by molar-refractivity contribution is 0.198. The zero-order chi connectivity index (χ0) is 11.7. The van der Waals surface area contributed by atoms with Crippen LogP contribution in [0.25, 0.3) is 5.82 Å². The smallest absolute Gasteiger partial charge is 0.159 e. The van der Waals surface area contributed by atoms with Crippen molar-refractivity contribution in [2.24, 2.45) is 0 Å². The molecule has 0 spiro atoms. The second-order valence-electron chi connectivity index (χ2n) is 3.60. The van der Waals surface area contributed by atoms with Gasteiger partial charge < -0.3 is 5.11 Å². The fraction of sp³-hybridized carbons (Fsp3) is 0.273. The number of rotatable bonds is 2. The van der Waals surface area contributed by atoms with Gasteiger partial charge in [0.05, 0.1) is 23.0 Å². The maximum absolute atomic E-state index is 9.63. The Balaban J connectivity index is 2.55. The lowest BCUT2D eigenvalue weighted by atomic mass is 10.1. The second-order valence-corrected chi connectivity index (χ2v) is 4.01. The highest BCUT2D eigenvalue weighted by Crippen LogP contribution is 2.21. The minimum absolute atomic E-state index is 0.585. The SMILES string of the molecule is Cc1nn(-c2ncccc2[C@H](C)O)cc1Cl. The van der Waals surface area contributed by atoms with E-state index in [4.69, 9.17) is 11.6 Å². The Bertz CT molecular complexity index is 488. The van der Waals surface area contributed by atoms with Gasteiger partial charge in [-0.05, 0) is 19.9 Å². The first-order valence-corrected chi connectivity index (χ1v) is 5.32. The summed E-state index contributed by atoms with van der Waals surface area (Å²) in [6.07, 6.45) is 2.75. The summed E-state index contributed by atoms with van der Waals surface area (Å²) < 4.78 is 1.58. The summed E-state index contributed by atoms with van der Waals surface area (Å²) in [5, 5.41) is 14.4. The molecule has 5 heteroatoms. The molecule has 0 aliphatic heterocycles. The number of aromatic nitrogens is 3. The third-order valence-electron chi connectivity index (χ3n) is 2.32. The molecule has 0 aliphatic rings. The maximum Gasteiger partial charge on any atom is 0.159 e. The number of aryl methyl sites for hydroxylation is 1. The molecular formula is C11H12ClN3O. The number of halogens is 1. The third-order valence-corrected chi connectivity index (χ3v) is 2.69. The molecule has 4 nitrogen and oxygen atoms in total. The topological polar surface area (TPSA) is 50.9 Å². The van der Waals surface area contributed by atoms with Crippen LogP contribution in [0, 0.1) is 6.92 Å². The number of hydrogen-bond acceptors (Lipinski definition) is 3. The molecule has 0 fully saturated rings. The molecule has 2 rings (SSSR count). The van der Waals surface area contributed by atoms with E-state index >= 15 is 0 Å². The minimum Gasteiger partial charge on any atom is -0.389 e. The van der Waals surface area contributed by atoms with Crippen LogP contribution in [0.15, 0.2) is 24.5 Å². The molecule has 0 aliphatic carbocycles. The number of aliphatic hydroxyl groups is 1. The highest BCUT2D eigenvalue weighted by atomic mass is 35.5. The van der Waals surface area contributed by atoms with Crippen LogP contribution in [0.1, 0.15) is 24.3 Å². The summed E-state index contributed by atoms with van der Waals surface area (Å²) in [6.45, 7) is 3.52. The van der Waals surface area contributed by atoms with Crippen molar-refractivity contribution in [3.8, 4) is 5.82 Å². The van der Waals surface area contributed by atoms with E-state index in [-0.39, 0.29) is 0 Å². The molecule has 0 aromatic carbocycles. The van der Waals surface area contributed by atoms with E-state index in [1.807, 2.05) is 13.0 Å². The first kappa shape index (κ1) is 11.1. The van der Waals surface area contributed by atoms with Gasteiger partial charge >= 0.3 is 0 Å². The van der Waals surface area contributed by atoms with Crippen LogP contribution in [0.2, 0.25) is 5.02 Å². The van der Waals surface area contributed by atoms with Crippen molar-refractivity contribution in [3.05, 3.63) is 40.8 Å². The highest BCUT2D eigenvalue weighted by molar-refractivity contribution is 6.31. The standard InChI is InChI=1S/C11H12ClN3O/c1-7-10(12)6-15(14-7)11-9(8(2)16)4-3-5-13-11/h3-6,8,16H,1-2H3/t8-/m0/s1. The molecule has 0 bridgehead atoms. The molecule has 84 valence electrons. The summed E-state index contributed by atoms with van der Waals surface area (Å²) in [5.41, 5.74) is 1.46. The van der Waals surface area contributed by atoms with Crippen molar-refractivity contribution >= 4 is 11.6 Å². The molecule has 0 unspecified atom stereocenters. The third kappa shape index (κ3) is 1.94. The van der Waals surface area contributed by atoms with Gasteiger partial charge in [-0.3, -0.25) is 0 Å². The lowest BCUT2D eigenvalue weighted by Gasteiger charge is -2.09. The zero-order valence-electron chi connectivity index (χ0n) is 9.05. The summed E-state index contributed by atoms with van der Waals surface area (Å²) in [5.74, 6) is 0.604. The number of hydrogen-bond donors (Lipinski definition) is 1. The molecule has 2 aromatic heterocycles. The van der Waals surface area contributed by atoms with Gasteiger partial charge in [-0.1, -0.05) is 17.7 Å². The van der Waals surface area contributed by atoms with E-state index in [1.54, 1.807) is 30.1 Å². The Morgan fingerprint density at radius 1 is 1.50 bits per heavy atom. The fourth-order valence-electron chi connectivity index (χ4n) is 1.47. The van der Waals surface area contributed by atoms with Gasteiger partial charge in [0.1, 0.15) is 0 Å². The molecule has 1 atom stereocenters. The van der Waals surface area contributed by atoms with Crippen LogP contribution in [0.5, 0.6) is 0 Å². The van der Waals surface area contributed by atoms with E-state index in [0.29, 0.717) is 10.8 Å². The first-order chi connectivity index (χ1) is 7.59. The minimum atomic E-state index is -0.591. The first-order valence-electron chi connectivity index (χ1n) is 4.94. The highest BCUT2D eigenvalue weighted by Gasteiger charge is 2.12. The fourth-order valence-corrected chi connectivity index (χ4v) is 1.60. The van der Waals surface area contributed by atoms with Crippen LogP contribution < -0.4 is 0 Å². The molecule has 2 aromatic rings. The van der Waals surface area contributed by atoms with Crippen LogP contribution in [-0.2, 0) is 0 Å². The Labute approximate surface area is 98.5 Å². The van der Waals surface area contributed by atoms with Crippen LogP contribution in [0.3, 0.4) is 0 Å². The molecule has 0 radical (unpaired) electrons. The van der Waals surface area contributed by atoms with Crippen molar-refractivity contribution in [1.82, 2.24) is 14.8 Å². The zero-order valence-corrected chi connectivity index (χ0v) is 9.81. The monoisotopic (exact) mass is 237 g/mol. The molecule has 0 amide bonds. The molecular weight excluding hydrogens is 226 g/mol. The van der Waals surface area contributed by atoms with Crippen molar-refractivity contribution in [2.75, 3.05) is 0 Å². The van der Waals surface area contributed by atoms with Crippen molar-refractivity contribution < 1.29 is 5.11 Å². The Kier molecular flexibility index (Phi) is 2.94. The molecule has 0 saturated heterocycles. The summed E-state index contributed by atoms with van der Waals surface area (Å²) in [4.78, 5) is 4.21. The van der Waals surface area contributed by atoms with Gasteiger partial charge in [0.15, 0.2) is 5.82 Å². The number of aliphatic hydroxyl groups excluding tert-OH is 1. The van der Waals surface area contributed by atoms with Crippen LogP contribution in [0.4, 0.5) is 0 Å². The molecule has 1 N–H and O–H groups in total. The average molecular weight is 238 g/mol. The summed E-state index contributed by atoms with van der Waals surface area (Å²) >= 11 is 5.94. The Morgan fingerprint density at radius 2 is 2.25 bits per heavy atom. The van der Waals surface area contributed by atoms with Gasteiger partial charge in [-0.15, -0.1) is 0 Å². The van der Waals surface area contributed by atoms with E-state index in [1.165, 1.54) is 0 Å². The Morgan fingerprint density at radius 3 is 2.81 bits per heavy atom. The molecule has 0 saturated carbocycles. The van der Waals surface area contributed by atoms with Gasteiger partial charge in [-0.2, -0.15) is 5.10 Å². The lowest BCUT2D eigenvalue weighted by Crippen LogP contribution is -2.05. The van der Waals surface area contributed by atoms with Crippen LogP contribution >= 0.6 is 11.6 Å². The largest absolute Gasteiger partial charge is 0.389 e. The number of pyridine rings is 1. The van der Waals surface area contributed by atoms with E-state index < -0.39 is 6.10 Å². The van der Waals surface area contributed by atoms with Crippen molar-refractivity contribution in [3.63, 3.8) is 0 Å². The predicted octanol–water partition coefficient (Wildman–Crippen LogP) is 2.28. The average Bonchev–Trinajstić information content (AvgIpc) is 2.59. The summed E-state index contributed by atoms with van der Waals surface area (Å²) in [7, 11) is 0. The quantitative estimate of drug-likeness (QED) is 0.872. The Hall–Kier alpha value is -1.39.